The molecule has 1 unspecified atom stereocenters. The molecule has 1 aromatic rings. The van der Waals surface area contributed by atoms with E-state index >= 15 is 0 Å². The third-order valence-corrected chi connectivity index (χ3v) is 4.61. The highest BCUT2D eigenvalue weighted by molar-refractivity contribution is 6.40. The zero-order chi connectivity index (χ0) is 15.5. The molecule has 5 heteroatoms. The third-order valence-electron chi connectivity index (χ3n) is 4.61. The van der Waals surface area contributed by atoms with E-state index in [-0.39, 0.29) is 0 Å². The zero-order valence-corrected chi connectivity index (χ0v) is 13.0. The molecule has 1 aromatic carbocycles. The summed E-state index contributed by atoms with van der Waals surface area (Å²) in [5.74, 6) is -0.159. The van der Waals surface area contributed by atoms with E-state index in [0.717, 1.165) is 25.2 Å². The fraction of sp³-hybridized carbons (Fsp3) is 0.529. The predicted octanol–water partition coefficient (Wildman–Crippen LogP) is 1.03. The number of nitrogens with zero attached hydrogens (tertiary/aromatic N) is 2. The minimum atomic E-state index is -0.432. The Morgan fingerprint density at radius 2 is 1.91 bits per heavy atom. The van der Waals surface area contributed by atoms with E-state index in [9.17, 15) is 9.59 Å². The number of carbonyl (C=O) groups excluding carboxylic acids is 2. The summed E-state index contributed by atoms with van der Waals surface area (Å²) < 4.78 is 0. The van der Waals surface area contributed by atoms with E-state index < -0.39 is 11.8 Å². The number of amides is 2. The van der Waals surface area contributed by atoms with Crippen molar-refractivity contribution in [1.29, 1.82) is 0 Å². The van der Waals surface area contributed by atoms with Gasteiger partial charge in [-0.1, -0.05) is 12.1 Å². The van der Waals surface area contributed by atoms with Gasteiger partial charge in [-0.3, -0.25) is 9.59 Å². The molecule has 0 aliphatic carbocycles. The lowest BCUT2D eigenvalue weighted by molar-refractivity contribution is -0.145. The average molecular weight is 301 g/mol. The molecule has 2 aliphatic rings. The van der Waals surface area contributed by atoms with Gasteiger partial charge in [0.05, 0.1) is 0 Å². The smallest absolute Gasteiger partial charge is 0.316 e. The van der Waals surface area contributed by atoms with Crippen molar-refractivity contribution in [3.8, 4) is 0 Å². The van der Waals surface area contributed by atoms with Gasteiger partial charge in [0.15, 0.2) is 0 Å². The van der Waals surface area contributed by atoms with E-state index in [1.165, 1.54) is 23.3 Å². The van der Waals surface area contributed by atoms with Gasteiger partial charge in [0.1, 0.15) is 0 Å². The Labute approximate surface area is 131 Å². The maximum Gasteiger partial charge on any atom is 0.316 e. The molecule has 2 saturated heterocycles. The second-order valence-electron chi connectivity index (χ2n) is 6.27. The van der Waals surface area contributed by atoms with Crippen LogP contribution >= 0.6 is 0 Å². The number of carbonyl (C=O) groups is 2. The predicted molar refractivity (Wildman–Crippen MR) is 85.7 cm³/mol. The molecule has 0 saturated carbocycles. The van der Waals surface area contributed by atoms with Gasteiger partial charge in [-0.15, -0.1) is 0 Å². The third kappa shape index (κ3) is 3.14. The zero-order valence-electron chi connectivity index (χ0n) is 13.0. The van der Waals surface area contributed by atoms with Gasteiger partial charge < -0.3 is 15.1 Å². The van der Waals surface area contributed by atoms with Crippen LogP contribution in [0.2, 0.25) is 0 Å². The van der Waals surface area contributed by atoms with Crippen LogP contribution in [0.15, 0.2) is 24.3 Å². The summed E-state index contributed by atoms with van der Waals surface area (Å²) in [4.78, 5) is 26.9. The van der Waals surface area contributed by atoms with E-state index in [4.69, 9.17) is 0 Å². The molecule has 2 fully saturated rings. The van der Waals surface area contributed by atoms with E-state index in [0.29, 0.717) is 19.0 Å². The van der Waals surface area contributed by atoms with Gasteiger partial charge in [-0.2, -0.15) is 0 Å². The summed E-state index contributed by atoms with van der Waals surface area (Å²) in [6, 6.07) is 8.09. The molecular weight excluding hydrogens is 278 g/mol. The van der Waals surface area contributed by atoms with Crippen molar-refractivity contribution in [2.45, 2.75) is 19.3 Å². The normalized spacial score (nSPS) is 23.0. The second-order valence-corrected chi connectivity index (χ2v) is 6.27. The van der Waals surface area contributed by atoms with Crippen LogP contribution in [-0.2, 0) is 16.0 Å². The molecule has 0 aromatic heterocycles. The highest BCUT2D eigenvalue weighted by Crippen LogP contribution is 2.21. The monoisotopic (exact) mass is 301 g/mol. The van der Waals surface area contributed by atoms with Gasteiger partial charge in [-0.05, 0) is 56.0 Å². The Kier molecular flexibility index (Phi) is 4.43. The number of piperazine rings is 1. The van der Waals surface area contributed by atoms with Crippen LogP contribution in [-0.4, -0.2) is 49.9 Å². The first-order chi connectivity index (χ1) is 10.6. The standard InChI is InChI=1S/C17H23N3O2/c1-19-9-10-20(17(22)16(19)21)15-6-4-13(5-7-15)11-14-3-2-8-18-12-14/h4-7,14,18H,2-3,8-12H2,1H3. The minimum Gasteiger partial charge on any atom is -0.336 e. The molecule has 2 amide bonds. The van der Waals surface area contributed by atoms with Gasteiger partial charge in [-0.25, -0.2) is 0 Å². The van der Waals surface area contributed by atoms with Crippen molar-refractivity contribution in [1.82, 2.24) is 10.2 Å². The number of rotatable bonds is 3. The summed E-state index contributed by atoms with van der Waals surface area (Å²) in [7, 11) is 1.67. The number of benzene rings is 1. The average Bonchev–Trinajstić information content (AvgIpc) is 2.55. The summed E-state index contributed by atoms with van der Waals surface area (Å²) in [6.45, 7) is 3.37. The molecule has 1 atom stereocenters. The lowest BCUT2D eigenvalue weighted by Crippen LogP contribution is -2.53. The first kappa shape index (κ1) is 15.0. The van der Waals surface area contributed by atoms with Crippen molar-refractivity contribution in [3.05, 3.63) is 29.8 Å². The van der Waals surface area contributed by atoms with Crippen LogP contribution in [0.1, 0.15) is 18.4 Å². The lowest BCUT2D eigenvalue weighted by Gasteiger charge is -2.31. The molecule has 2 heterocycles. The Hall–Kier alpha value is -1.88. The Balaban J connectivity index is 1.66. The molecule has 0 radical (unpaired) electrons. The highest BCUT2D eigenvalue weighted by atomic mass is 16.2. The lowest BCUT2D eigenvalue weighted by atomic mass is 9.92. The second kappa shape index (κ2) is 6.48. The minimum absolute atomic E-state index is 0.427. The van der Waals surface area contributed by atoms with Crippen molar-refractivity contribution in [2.24, 2.45) is 5.92 Å². The molecule has 1 N–H and O–H groups in total. The van der Waals surface area contributed by atoms with Gasteiger partial charge in [0, 0.05) is 25.8 Å². The summed E-state index contributed by atoms with van der Waals surface area (Å²) in [6.07, 6.45) is 3.60. The number of anilines is 1. The van der Waals surface area contributed by atoms with Crippen molar-refractivity contribution < 1.29 is 9.59 Å². The molecule has 22 heavy (non-hydrogen) atoms. The Morgan fingerprint density at radius 3 is 2.59 bits per heavy atom. The maximum absolute atomic E-state index is 12.1. The Morgan fingerprint density at radius 1 is 1.14 bits per heavy atom. The van der Waals surface area contributed by atoms with E-state index in [1.807, 2.05) is 12.1 Å². The van der Waals surface area contributed by atoms with Crippen LogP contribution in [0.5, 0.6) is 0 Å². The topological polar surface area (TPSA) is 52.6 Å². The van der Waals surface area contributed by atoms with Gasteiger partial charge in [0.2, 0.25) is 0 Å². The molecule has 0 spiro atoms. The number of nitrogens with one attached hydrogen (secondary N) is 1. The Bertz CT molecular complexity index is 550. The fourth-order valence-corrected chi connectivity index (χ4v) is 3.22. The van der Waals surface area contributed by atoms with Crippen molar-refractivity contribution in [3.63, 3.8) is 0 Å². The van der Waals surface area contributed by atoms with Crippen molar-refractivity contribution in [2.75, 3.05) is 38.1 Å². The van der Waals surface area contributed by atoms with Crippen LogP contribution in [0.3, 0.4) is 0 Å². The van der Waals surface area contributed by atoms with Crippen LogP contribution in [0.25, 0.3) is 0 Å². The van der Waals surface area contributed by atoms with Crippen molar-refractivity contribution >= 4 is 17.5 Å². The molecule has 3 rings (SSSR count). The number of likely N-dealkylation sites (N-methyl/N-ethyl adjacent to an activating group) is 1. The highest BCUT2D eigenvalue weighted by Gasteiger charge is 2.31. The summed E-state index contributed by atoms with van der Waals surface area (Å²) >= 11 is 0. The number of hydrogen-bond acceptors (Lipinski definition) is 3. The quantitative estimate of drug-likeness (QED) is 0.849. The first-order valence-electron chi connectivity index (χ1n) is 8.02. The summed E-state index contributed by atoms with van der Waals surface area (Å²) in [5.41, 5.74) is 2.11. The SMILES string of the molecule is CN1CCN(c2ccc(CC3CCCNC3)cc2)C(=O)C1=O. The molecule has 0 bridgehead atoms. The van der Waals surface area contributed by atoms with Crippen LogP contribution < -0.4 is 10.2 Å². The largest absolute Gasteiger partial charge is 0.336 e. The molecule has 5 nitrogen and oxygen atoms in total. The van der Waals surface area contributed by atoms with Gasteiger partial charge >= 0.3 is 11.8 Å². The number of piperidine rings is 1. The molecule has 2 aliphatic heterocycles. The van der Waals surface area contributed by atoms with Crippen LogP contribution in [0, 0.1) is 5.92 Å². The number of hydrogen-bond donors (Lipinski definition) is 1. The maximum atomic E-state index is 12.1. The van der Waals surface area contributed by atoms with E-state index in [2.05, 4.69) is 17.4 Å². The molecular formula is C17H23N3O2. The van der Waals surface area contributed by atoms with Crippen LogP contribution in [0.4, 0.5) is 5.69 Å². The molecule has 118 valence electrons. The fourth-order valence-electron chi connectivity index (χ4n) is 3.22. The van der Waals surface area contributed by atoms with E-state index in [1.54, 1.807) is 11.9 Å². The van der Waals surface area contributed by atoms with Gasteiger partial charge in [0.25, 0.3) is 0 Å². The first-order valence-corrected chi connectivity index (χ1v) is 8.02. The summed E-state index contributed by atoms with van der Waals surface area (Å²) in [5, 5.41) is 3.44.